The van der Waals surface area contributed by atoms with Gasteiger partial charge < -0.3 is 9.47 Å². The number of carbonyl (C=O) groups is 1. The van der Waals surface area contributed by atoms with Gasteiger partial charge in [0.25, 0.3) is 0 Å². The molecular weight excluding hydrogens is 252 g/mol. The lowest BCUT2D eigenvalue weighted by atomic mass is 9.99. The van der Waals surface area contributed by atoms with E-state index in [4.69, 9.17) is 16.3 Å². The molecule has 0 radical (unpaired) electrons. The van der Waals surface area contributed by atoms with E-state index in [0.29, 0.717) is 11.6 Å². The Hall–Kier alpha value is -1.32. The molecule has 0 bridgehead atoms. The molecule has 18 heavy (non-hydrogen) atoms. The molecule has 2 rings (SSSR count). The zero-order valence-corrected chi connectivity index (χ0v) is 11.0. The highest BCUT2D eigenvalue weighted by atomic mass is 35.5. The van der Waals surface area contributed by atoms with Gasteiger partial charge in [0.2, 0.25) is 0 Å². The Morgan fingerprint density at radius 2 is 2.33 bits per heavy atom. The monoisotopic (exact) mass is 266 g/mol. The van der Waals surface area contributed by atoms with Gasteiger partial charge in [0.15, 0.2) is 0 Å². The molecule has 1 aromatic rings. The fourth-order valence-electron chi connectivity index (χ4n) is 1.94. The maximum absolute atomic E-state index is 11.2. The average Bonchev–Trinajstić information content (AvgIpc) is 2.40. The minimum atomic E-state index is -0.260. The summed E-state index contributed by atoms with van der Waals surface area (Å²) in [4.78, 5) is 11.2. The molecule has 0 aliphatic carbocycles. The molecule has 0 fully saturated rings. The highest BCUT2D eigenvalue weighted by molar-refractivity contribution is 6.32. The Bertz CT molecular complexity index is 480. The minimum Gasteiger partial charge on any atom is -0.469 e. The predicted octanol–water partition coefficient (Wildman–Crippen LogP) is 2.86. The average molecular weight is 267 g/mol. The summed E-state index contributed by atoms with van der Waals surface area (Å²) in [6.07, 6.45) is 3.17. The van der Waals surface area contributed by atoms with E-state index in [-0.39, 0.29) is 12.4 Å². The molecule has 0 saturated carbocycles. The van der Waals surface area contributed by atoms with E-state index >= 15 is 0 Å². The summed E-state index contributed by atoms with van der Waals surface area (Å²) in [5.74, 6) is -0.260. The van der Waals surface area contributed by atoms with Gasteiger partial charge in [0.05, 0.1) is 26.7 Å². The van der Waals surface area contributed by atoms with Crippen LogP contribution in [-0.4, -0.2) is 26.3 Å². The summed E-state index contributed by atoms with van der Waals surface area (Å²) >= 11 is 6.26. The van der Waals surface area contributed by atoms with Crippen LogP contribution < -0.4 is 0 Å². The van der Waals surface area contributed by atoms with Crippen LogP contribution in [0.4, 0.5) is 0 Å². The molecule has 0 amide bonds. The number of benzene rings is 1. The fraction of sp³-hybridized carbons (Fsp3) is 0.357. The third-order valence-electron chi connectivity index (χ3n) is 2.92. The van der Waals surface area contributed by atoms with Crippen molar-refractivity contribution in [2.75, 3.05) is 20.3 Å². The van der Waals surface area contributed by atoms with Crippen molar-refractivity contribution in [2.45, 2.75) is 12.8 Å². The number of halogens is 1. The van der Waals surface area contributed by atoms with E-state index in [9.17, 15) is 4.79 Å². The predicted molar refractivity (Wildman–Crippen MR) is 70.6 cm³/mol. The molecule has 0 aromatic heterocycles. The lowest BCUT2D eigenvalue weighted by Crippen LogP contribution is -2.06. The van der Waals surface area contributed by atoms with Crippen LogP contribution >= 0.6 is 11.6 Å². The van der Waals surface area contributed by atoms with Gasteiger partial charge in [-0.1, -0.05) is 29.8 Å². The topological polar surface area (TPSA) is 35.5 Å². The normalized spacial score (nSPS) is 15.1. The molecule has 0 unspecified atom stereocenters. The molecule has 0 spiro atoms. The van der Waals surface area contributed by atoms with E-state index < -0.39 is 0 Å². The van der Waals surface area contributed by atoms with E-state index in [1.807, 2.05) is 24.3 Å². The third kappa shape index (κ3) is 3.12. The number of carbonyl (C=O) groups excluding carboxylic acids is 1. The quantitative estimate of drug-likeness (QED) is 0.789. The molecule has 1 aliphatic rings. The number of esters is 1. The van der Waals surface area contributed by atoms with Crippen LogP contribution in [0.1, 0.15) is 17.5 Å². The van der Waals surface area contributed by atoms with Crippen LogP contribution in [0.15, 0.2) is 24.3 Å². The van der Waals surface area contributed by atoms with Crippen molar-refractivity contribution < 1.29 is 14.3 Å². The molecule has 1 aliphatic heterocycles. The van der Waals surface area contributed by atoms with Crippen LogP contribution in [0.2, 0.25) is 5.02 Å². The highest BCUT2D eigenvalue weighted by Crippen LogP contribution is 2.29. The maximum Gasteiger partial charge on any atom is 0.309 e. The van der Waals surface area contributed by atoms with E-state index in [0.717, 1.165) is 24.2 Å². The van der Waals surface area contributed by atoms with Gasteiger partial charge in [-0.25, -0.2) is 0 Å². The first-order valence-electron chi connectivity index (χ1n) is 5.83. The Labute approximate surface area is 111 Å². The Morgan fingerprint density at radius 3 is 2.94 bits per heavy atom. The number of ether oxygens (including phenoxy) is 2. The maximum atomic E-state index is 11.2. The van der Waals surface area contributed by atoms with E-state index in [1.165, 1.54) is 12.7 Å². The zero-order chi connectivity index (χ0) is 13.0. The molecule has 0 N–H and O–H groups in total. The summed E-state index contributed by atoms with van der Waals surface area (Å²) in [6.45, 7) is 1.36. The number of hydrogen-bond acceptors (Lipinski definition) is 3. The molecule has 0 atom stereocenters. The summed E-state index contributed by atoms with van der Waals surface area (Å²) in [5.41, 5.74) is 3.09. The Kier molecular flexibility index (Phi) is 4.39. The molecule has 4 heteroatoms. The third-order valence-corrected chi connectivity index (χ3v) is 3.23. The van der Waals surface area contributed by atoms with Crippen LogP contribution in [0.5, 0.6) is 0 Å². The molecule has 1 heterocycles. The van der Waals surface area contributed by atoms with Crippen molar-refractivity contribution in [2.24, 2.45) is 0 Å². The molecule has 0 saturated heterocycles. The molecular formula is C14H15ClO3. The van der Waals surface area contributed by atoms with Crippen molar-refractivity contribution in [3.05, 3.63) is 40.4 Å². The second-order valence-electron chi connectivity index (χ2n) is 4.12. The fourth-order valence-corrected chi connectivity index (χ4v) is 2.26. The van der Waals surface area contributed by atoms with Gasteiger partial charge in [-0.05, 0) is 29.2 Å². The van der Waals surface area contributed by atoms with E-state index in [1.54, 1.807) is 0 Å². The first-order valence-corrected chi connectivity index (χ1v) is 6.21. The number of hydrogen-bond donors (Lipinski definition) is 0. The summed E-state index contributed by atoms with van der Waals surface area (Å²) in [7, 11) is 1.38. The van der Waals surface area contributed by atoms with Crippen LogP contribution in [0, 0.1) is 0 Å². The lowest BCUT2D eigenvalue weighted by Gasteiger charge is -2.15. The van der Waals surface area contributed by atoms with Crippen molar-refractivity contribution in [1.82, 2.24) is 0 Å². The van der Waals surface area contributed by atoms with Gasteiger partial charge >= 0.3 is 5.97 Å². The number of methoxy groups -OCH3 is 1. The van der Waals surface area contributed by atoms with Crippen molar-refractivity contribution in [3.63, 3.8) is 0 Å². The zero-order valence-electron chi connectivity index (χ0n) is 10.2. The minimum absolute atomic E-state index is 0.249. The van der Waals surface area contributed by atoms with Gasteiger partial charge in [-0.15, -0.1) is 0 Å². The smallest absolute Gasteiger partial charge is 0.309 e. The second-order valence-corrected chi connectivity index (χ2v) is 4.53. The second kappa shape index (κ2) is 6.03. The van der Waals surface area contributed by atoms with Crippen LogP contribution in [0.25, 0.3) is 5.57 Å². The van der Waals surface area contributed by atoms with Gasteiger partial charge in [-0.3, -0.25) is 4.79 Å². The van der Waals surface area contributed by atoms with Gasteiger partial charge in [0.1, 0.15) is 0 Å². The standard InChI is InChI=1S/C14H15ClO3/c1-17-14(16)9-10-2-3-12(13(15)8-10)11-4-6-18-7-5-11/h2-4,8H,5-7,9H2,1H3. The molecule has 3 nitrogen and oxygen atoms in total. The lowest BCUT2D eigenvalue weighted by molar-refractivity contribution is -0.139. The number of rotatable bonds is 3. The first-order chi connectivity index (χ1) is 8.70. The highest BCUT2D eigenvalue weighted by Gasteiger charge is 2.11. The summed E-state index contributed by atoms with van der Waals surface area (Å²) in [6, 6.07) is 5.69. The SMILES string of the molecule is COC(=O)Cc1ccc(C2=CCOCC2)c(Cl)c1. The summed E-state index contributed by atoms with van der Waals surface area (Å²) < 4.78 is 9.90. The Balaban J connectivity index is 2.19. The molecule has 96 valence electrons. The Morgan fingerprint density at radius 1 is 1.50 bits per heavy atom. The summed E-state index contributed by atoms with van der Waals surface area (Å²) in [5, 5.41) is 0.671. The van der Waals surface area contributed by atoms with Crippen LogP contribution in [-0.2, 0) is 20.7 Å². The first kappa shape index (κ1) is 13.1. The van der Waals surface area contributed by atoms with Gasteiger partial charge in [0, 0.05) is 5.02 Å². The largest absolute Gasteiger partial charge is 0.469 e. The van der Waals surface area contributed by atoms with Crippen molar-refractivity contribution in [1.29, 1.82) is 0 Å². The van der Waals surface area contributed by atoms with Crippen molar-refractivity contribution >= 4 is 23.1 Å². The van der Waals surface area contributed by atoms with Crippen molar-refractivity contribution in [3.8, 4) is 0 Å². The van der Waals surface area contributed by atoms with E-state index in [2.05, 4.69) is 4.74 Å². The van der Waals surface area contributed by atoms with Crippen LogP contribution in [0.3, 0.4) is 0 Å². The van der Waals surface area contributed by atoms with Gasteiger partial charge in [-0.2, -0.15) is 0 Å². The molecule has 1 aromatic carbocycles.